The Morgan fingerprint density at radius 3 is 2.50 bits per heavy atom. The van der Waals surface area contributed by atoms with Crippen molar-refractivity contribution in [3.8, 4) is 0 Å². The first kappa shape index (κ1) is 12.6. The van der Waals surface area contributed by atoms with Crippen molar-refractivity contribution in [1.82, 2.24) is 0 Å². The molecular formula is C6H13CuNO2. The molecule has 0 heterocycles. The summed E-state index contributed by atoms with van der Waals surface area (Å²) in [4.78, 5) is 10.2. The molecule has 65 valence electrons. The molecule has 0 aliphatic heterocycles. The zero-order valence-electron chi connectivity index (χ0n) is 6.19. The van der Waals surface area contributed by atoms with Crippen LogP contribution in [0.1, 0.15) is 26.7 Å². The number of hydrogen-bond donors (Lipinski definition) is 1. The van der Waals surface area contributed by atoms with Crippen LogP contribution in [-0.4, -0.2) is 12.2 Å². The summed E-state index contributed by atoms with van der Waals surface area (Å²) >= 11 is 0. The molecule has 0 rings (SSSR count). The zero-order chi connectivity index (χ0) is 7.28. The van der Waals surface area contributed by atoms with Gasteiger partial charge in [-0.1, -0.05) is 13.3 Å². The molecule has 3 nitrogen and oxygen atoms in total. The van der Waals surface area contributed by atoms with E-state index in [1.807, 2.05) is 6.92 Å². The molecule has 0 fully saturated rings. The summed E-state index contributed by atoms with van der Waals surface area (Å²) in [6.45, 7) is 3.35. The van der Waals surface area contributed by atoms with Gasteiger partial charge in [-0.2, -0.15) is 0 Å². The molecule has 2 N–H and O–H groups in total. The minimum Gasteiger partial charge on any atom is -0.447 e. The van der Waals surface area contributed by atoms with E-state index in [1.54, 1.807) is 0 Å². The van der Waals surface area contributed by atoms with E-state index >= 15 is 0 Å². The fourth-order valence-corrected chi connectivity index (χ4v) is 0.557. The Morgan fingerprint density at radius 2 is 2.20 bits per heavy atom. The second kappa shape index (κ2) is 7.06. The Kier molecular flexibility index (Phi) is 8.90. The maximum Gasteiger partial charge on any atom is 0.304 e. The summed E-state index contributed by atoms with van der Waals surface area (Å²) < 4.78 is 4.63. The first-order valence-corrected chi connectivity index (χ1v) is 3.09. The first-order valence-electron chi connectivity index (χ1n) is 3.09. The smallest absolute Gasteiger partial charge is 0.304 e. The Hall–Kier alpha value is -0.0505. The van der Waals surface area contributed by atoms with Crippen molar-refractivity contribution in [3.05, 3.63) is 0 Å². The molecule has 0 aliphatic rings. The van der Waals surface area contributed by atoms with Gasteiger partial charge in [0, 0.05) is 24.0 Å². The average molecular weight is 195 g/mol. The largest absolute Gasteiger partial charge is 0.447 e. The van der Waals surface area contributed by atoms with E-state index in [2.05, 4.69) is 4.74 Å². The predicted molar refractivity (Wildman–Crippen MR) is 34.6 cm³/mol. The molecule has 4 heteroatoms. The number of carbonyl (C=O) groups is 1. The van der Waals surface area contributed by atoms with Crippen molar-refractivity contribution < 1.29 is 26.6 Å². The van der Waals surface area contributed by atoms with E-state index < -0.39 is 6.23 Å². The summed E-state index contributed by atoms with van der Waals surface area (Å²) in [5.41, 5.74) is 5.34. The number of carbonyl (C=O) groups excluding carboxylic acids is 1. The molecule has 0 saturated heterocycles. The number of hydrogen-bond acceptors (Lipinski definition) is 3. The monoisotopic (exact) mass is 194 g/mol. The fraction of sp³-hybridized carbons (Fsp3) is 0.833. The predicted octanol–water partition coefficient (Wildman–Crippen LogP) is 0.632. The number of rotatable bonds is 3. The SMILES string of the molecule is CCCC(N)OC(C)=O.[Cu]. The van der Waals surface area contributed by atoms with Crippen LogP contribution in [0, 0.1) is 0 Å². The quantitative estimate of drug-likeness (QED) is 0.408. The maximum atomic E-state index is 10.2. The average Bonchev–Trinajstić information content (AvgIpc) is 1.63. The molecule has 0 amide bonds. The Bertz CT molecular complexity index is 97.7. The summed E-state index contributed by atoms with van der Waals surface area (Å²) in [7, 11) is 0. The van der Waals surface area contributed by atoms with Gasteiger partial charge in [-0.3, -0.25) is 10.5 Å². The summed E-state index contributed by atoms with van der Waals surface area (Å²) in [5.74, 6) is -0.309. The van der Waals surface area contributed by atoms with E-state index in [-0.39, 0.29) is 23.0 Å². The van der Waals surface area contributed by atoms with Gasteiger partial charge in [0.15, 0.2) is 6.23 Å². The molecular weight excluding hydrogens is 182 g/mol. The Morgan fingerprint density at radius 1 is 1.70 bits per heavy atom. The minimum atomic E-state index is -0.410. The normalized spacial score (nSPS) is 11.5. The van der Waals surface area contributed by atoms with Gasteiger partial charge in [0.1, 0.15) is 0 Å². The second-order valence-corrected chi connectivity index (χ2v) is 1.94. The Balaban J connectivity index is 0. The molecule has 0 aliphatic carbocycles. The maximum absolute atomic E-state index is 10.2. The van der Waals surface area contributed by atoms with Crippen LogP contribution in [0.3, 0.4) is 0 Å². The summed E-state index contributed by atoms with van der Waals surface area (Å²) in [6, 6.07) is 0. The van der Waals surface area contributed by atoms with Gasteiger partial charge < -0.3 is 4.74 Å². The van der Waals surface area contributed by atoms with E-state index in [9.17, 15) is 4.79 Å². The molecule has 0 bridgehead atoms. The standard InChI is InChI=1S/C6H13NO2.Cu/c1-3-4-6(7)9-5(2)8;/h6H,3-4,7H2,1-2H3;. The molecule has 0 spiro atoms. The van der Waals surface area contributed by atoms with Gasteiger partial charge in [0.25, 0.3) is 0 Å². The van der Waals surface area contributed by atoms with E-state index in [0.717, 1.165) is 12.8 Å². The van der Waals surface area contributed by atoms with Crippen molar-refractivity contribution in [2.24, 2.45) is 5.73 Å². The number of nitrogens with two attached hydrogens (primary N) is 1. The fourth-order valence-electron chi connectivity index (χ4n) is 0.557. The van der Waals surface area contributed by atoms with Gasteiger partial charge in [-0.25, -0.2) is 0 Å². The number of esters is 1. The molecule has 0 aromatic carbocycles. The van der Waals surface area contributed by atoms with Crippen molar-refractivity contribution in [2.45, 2.75) is 32.9 Å². The summed E-state index contributed by atoms with van der Waals surface area (Å²) in [6.07, 6.45) is 1.26. The topological polar surface area (TPSA) is 52.3 Å². The third-order valence-corrected chi connectivity index (χ3v) is 0.891. The summed E-state index contributed by atoms with van der Waals surface area (Å²) in [5, 5.41) is 0. The molecule has 1 atom stereocenters. The second-order valence-electron chi connectivity index (χ2n) is 1.94. The third kappa shape index (κ3) is 7.95. The minimum absolute atomic E-state index is 0. The first-order chi connectivity index (χ1) is 4.16. The molecule has 1 unspecified atom stereocenters. The van der Waals surface area contributed by atoms with Gasteiger partial charge in [-0.15, -0.1) is 0 Å². The van der Waals surface area contributed by atoms with Crippen LogP contribution in [0.5, 0.6) is 0 Å². The van der Waals surface area contributed by atoms with Crippen molar-refractivity contribution in [1.29, 1.82) is 0 Å². The van der Waals surface area contributed by atoms with Gasteiger partial charge >= 0.3 is 5.97 Å². The van der Waals surface area contributed by atoms with Crippen LogP contribution >= 0.6 is 0 Å². The molecule has 0 aromatic heterocycles. The van der Waals surface area contributed by atoms with Crippen LogP contribution < -0.4 is 5.73 Å². The Labute approximate surface area is 71.8 Å². The van der Waals surface area contributed by atoms with Crippen LogP contribution in [0.4, 0.5) is 0 Å². The van der Waals surface area contributed by atoms with Crippen molar-refractivity contribution in [2.75, 3.05) is 0 Å². The molecule has 1 radical (unpaired) electrons. The van der Waals surface area contributed by atoms with E-state index in [1.165, 1.54) is 6.92 Å². The molecule has 0 aromatic rings. The van der Waals surface area contributed by atoms with Crippen molar-refractivity contribution in [3.63, 3.8) is 0 Å². The van der Waals surface area contributed by atoms with Gasteiger partial charge in [-0.05, 0) is 6.42 Å². The van der Waals surface area contributed by atoms with Crippen LogP contribution in [0.2, 0.25) is 0 Å². The zero-order valence-corrected chi connectivity index (χ0v) is 7.13. The van der Waals surface area contributed by atoms with E-state index in [0.29, 0.717) is 0 Å². The van der Waals surface area contributed by atoms with Crippen molar-refractivity contribution >= 4 is 5.97 Å². The van der Waals surface area contributed by atoms with E-state index in [4.69, 9.17) is 5.73 Å². The third-order valence-electron chi connectivity index (χ3n) is 0.891. The molecule has 0 saturated carbocycles. The van der Waals surface area contributed by atoms with Gasteiger partial charge in [0.2, 0.25) is 0 Å². The van der Waals surface area contributed by atoms with Crippen LogP contribution in [0.15, 0.2) is 0 Å². The number of ether oxygens (including phenoxy) is 1. The van der Waals surface area contributed by atoms with Crippen LogP contribution in [0.25, 0.3) is 0 Å². The molecule has 10 heavy (non-hydrogen) atoms. The van der Waals surface area contributed by atoms with Gasteiger partial charge in [0.05, 0.1) is 0 Å². The van der Waals surface area contributed by atoms with Crippen LogP contribution in [-0.2, 0) is 26.6 Å².